The number of carbonyl (C=O) groups is 1. The summed E-state index contributed by atoms with van der Waals surface area (Å²) >= 11 is 0. The molecule has 1 aliphatic heterocycles. The first-order valence-corrected chi connectivity index (χ1v) is 12.0. The van der Waals surface area contributed by atoms with Crippen LogP contribution in [0.1, 0.15) is 49.5 Å². The van der Waals surface area contributed by atoms with Crippen LogP contribution in [-0.2, 0) is 16.4 Å². The summed E-state index contributed by atoms with van der Waals surface area (Å²) in [4.78, 5) is 12.6. The second-order valence-electron chi connectivity index (χ2n) is 8.02. The van der Waals surface area contributed by atoms with Gasteiger partial charge in [-0.05, 0) is 75.9 Å². The van der Waals surface area contributed by atoms with Crippen LogP contribution in [0.15, 0.2) is 48.5 Å². The molecule has 2 aromatic carbocycles. The summed E-state index contributed by atoms with van der Waals surface area (Å²) in [6, 6.07) is 14.8. The molecule has 1 unspecified atom stereocenters. The average molecular weight is 431 g/mol. The molecule has 0 bridgehead atoms. The second-order valence-corrected chi connectivity index (χ2v) is 10.0. The van der Waals surface area contributed by atoms with E-state index in [-0.39, 0.29) is 23.8 Å². The Hall–Kier alpha value is -2.54. The smallest absolute Gasteiger partial charge is 0.251 e. The Labute approximate surface area is 179 Å². The minimum Gasteiger partial charge on any atom is -0.491 e. The first-order chi connectivity index (χ1) is 14.2. The number of amides is 1. The number of ether oxygens (including phenoxy) is 1. The van der Waals surface area contributed by atoms with Crippen LogP contribution in [0.5, 0.6) is 5.75 Å². The summed E-state index contributed by atoms with van der Waals surface area (Å²) in [7, 11) is -3.26. The third-order valence-corrected chi connectivity index (χ3v) is 6.90. The van der Waals surface area contributed by atoms with Gasteiger partial charge in [0.05, 0.1) is 17.5 Å². The molecule has 1 aliphatic rings. The number of hydrogen-bond donors (Lipinski definition) is 1. The van der Waals surface area contributed by atoms with Gasteiger partial charge in [0.25, 0.3) is 5.91 Å². The minimum atomic E-state index is -3.26. The molecule has 0 aliphatic carbocycles. The Morgan fingerprint density at radius 2 is 1.87 bits per heavy atom. The Morgan fingerprint density at radius 3 is 2.50 bits per heavy atom. The lowest BCUT2D eigenvalue weighted by Crippen LogP contribution is -2.33. The molecule has 0 aromatic heterocycles. The van der Waals surface area contributed by atoms with E-state index in [1.54, 1.807) is 24.3 Å². The SMILES string of the molecule is CC(CCc1ccc(OC(C)C)cc1)NC(=O)c1cccc(N2CCCS2(=O)=O)c1. The third kappa shape index (κ3) is 5.75. The lowest BCUT2D eigenvalue weighted by molar-refractivity contribution is 0.0938. The van der Waals surface area contributed by atoms with E-state index in [2.05, 4.69) is 5.32 Å². The maximum absolute atomic E-state index is 12.6. The number of carbonyl (C=O) groups excluding carboxylic acids is 1. The number of rotatable bonds is 8. The lowest BCUT2D eigenvalue weighted by Gasteiger charge is -2.18. The summed E-state index contributed by atoms with van der Waals surface area (Å²) in [5.74, 6) is 0.821. The number of benzene rings is 2. The molecule has 1 atom stereocenters. The van der Waals surface area contributed by atoms with Crippen LogP contribution in [-0.4, -0.2) is 38.8 Å². The summed E-state index contributed by atoms with van der Waals surface area (Å²) in [6.45, 7) is 6.43. The lowest BCUT2D eigenvalue weighted by atomic mass is 10.1. The molecule has 7 heteroatoms. The molecule has 0 spiro atoms. The standard InChI is InChI=1S/C23H30N2O4S/c1-17(2)29-22-12-10-19(11-13-22)9-8-18(3)24-23(26)20-6-4-7-21(16-20)25-14-5-15-30(25,27)28/h4,6-7,10-13,16-18H,5,8-9,14-15H2,1-3H3,(H,24,26). The topological polar surface area (TPSA) is 75.7 Å². The van der Waals surface area contributed by atoms with Crippen molar-refractivity contribution < 1.29 is 17.9 Å². The highest BCUT2D eigenvalue weighted by molar-refractivity contribution is 7.93. The molecular weight excluding hydrogens is 400 g/mol. The van der Waals surface area contributed by atoms with E-state index in [1.165, 1.54) is 9.87 Å². The van der Waals surface area contributed by atoms with E-state index < -0.39 is 10.0 Å². The van der Waals surface area contributed by atoms with E-state index in [4.69, 9.17) is 4.74 Å². The number of nitrogens with one attached hydrogen (secondary N) is 1. The molecule has 1 saturated heterocycles. The van der Waals surface area contributed by atoms with E-state index in [1.807, 2.05) is 45.0 Å². The predicted octanol–water partition coefficient (Wildman–Crippen LogP) is 3.76. The highest BCUT2D eigenvalue weighted by Crippen LogP contribution is 2.25. The quantitative estimate of drug-likeness (QED) is 0.692. The van der Waals surface area contributed by atoms with Crippen molar-refractivity contribution in [3.8, 4) is 5.75 Å². The third-order valence-electron chi connectivity index (χ3n) is 5.03. The molecule has 1 heterocycles. The predicted molar refractivity (Wildman–Crippen MR) is 120 cm³/mol. The fourth-order valence-electron chi connectivity index (χ4n) is 3.50. The van der Waals surface area contributed by atoms with Crippen molar-refractivity contribution in [2.45, 2.75) is 52.2 Å². The van der Waals surface area contributed by atoms with Crippen molar-refractivity contribution in [2.75, 3.05) is 16.6 Å². The van der Waals surface area contributed by atoms with E-state index in [0.717, 1.165) is 18.6 Å². The van der Waals surface area contributed by atoms with Crippen LogP contribution < -0.4 is 14.4 Å². The average Bonchev–Trinajstić information content (AvgIpc) is 3.06. The highest BCUT2D eigenvalue weighted by Gasteiger charge is 2.28. The number of anilines is 1. The zero-order valence-corrected chi connectivity index (χ0v) is 18.6. The fourth-order valence-corrected chi connectivity index (χ4v) is 5.06. The second kappa shape index (κ2) is 9.51. The molecule has 30 heavy (non-hydrogen) atoms. The molecule has 2 aromatic rings. The monoisotopic (exact) mass is 430 g/mol. The van der Waals surface area contributed by atoms with Gasteiger partial charge < -0.3 is 10.1 Å². The fraction of sp³-hybridized carbons (Fsp3) is 0.435. The molecule has 162 valence electrons. The first kappa shape index (κ1) is 22.2. The Balaban J connectivity index is 1.55. The number of sulfonamides is 1. The van der Waals surface area contributed by atoms with Gasteiger partial charge in [-0.3, -0.25) is 9.10 Å². The van der Waals surface area contributed by atoms with Crippen LogP contribution in [0.25, 0.3) is 0 Å². The zero-order chi connectivity index (χ0) is 21.7. The van der Waals surface area contributed by atoms with E-state index in [0.29, 0.717) is 24.2 Å². The van der Waals surface area contributed by atoms with Crippen molar-refractivity contribution in [3.05, 3.63) is 59.7 Å². The summed E-state index contributed by atoms with van der Waals surface area (Å²) in [6.07, 6.45) is 2.40. The van der Waals surface area contributed by atoms with Crippen LogP contribution in [0.2, 0.25) is 0 Å². The van der Waals surface area contributed by atoms with Gasteiger partial charge in [0, 0.05) is 18.2 Å². The largest absolute Gasteiger partial charge is 0.491 e. The molecule has 1 amide bonds. The van der Waals surface area contributed by atoms with Crippen LogP contribution >= 0.6 is 0 Å². The van der Waals surface area contributed by atoms with Crippen LogP contribution in [0.3, 0.4) is 0 Å². The molecule has 0 radical (unpaired) electrons. The number of hydrogen-bond acceptors (Lipinski definition) is 4. The number of aryl methyl sites for hydroxylation is 1. The molecule has 1 fully saturated rings. The first-order valence-electron chi connectivity index (χ1n) is 10.4. The minimum absolute atomic E-state index is 0.0109. The zero-order valence-electron chi connectivity index (χ0n) is 17.8. The summed E-state index contributed by atoms with van der Waals surface area (Å²) in [5, 5.41) is 3.01. The molecular formula is C23H30N2O4S. The van der Waals surface area contributed by atoms with Crippen LogP contribution in [0.4, 0.5) is 5.69 Å². The van der Waals surface area contributed by atoms with Gasteiger partial charge in [0.15, 0.2) is 0 Å². The van der Waals surface area contributed by atoms with Gasteiger partial charge >= 0.3 is 0 Å². The molecule has 1 N–H and O–H groups in total. The van der Waals surface area contributed by atoms with Gasteiger partial charge in [0.1, 0.15) is 5.75 Å². The van der Waals surface area contributed by atoms with E-state index >= 15 is 0 Å². The van der Waals surface area contributed by atoms with Crippen molar-refractivity contribution in [1.82, 2.24) is 5.32 Å². The normalized spacial score (nSPS) is 16.5. The van der Waals surface area contributed by atoms with Crippen molar-refractivity contribution in [2.24, 2.45) is 0 Å². The summed E-state index contributed by atoms with van der Waals surface area (Å²) in [5.41, 5.74) is 2.21. The van der Waals surface area contributed by atoms with E-state index in [9.17, 15) is 13.2 Å². The van der Waals surface area contributed by atoms with Gasteiger partial charge in [-0.2, -0.15) is 0 Å². The Morgan fingerprint density at radius 1 is 1.13 bits per heavy atom. The maximum atomic E-state index is 12.6. The molecule has 0 saturated carbocycles. The van der Waals surface area contributed by atoms with Crippen LogP contribution in [0, 0.1) is 0 Å². The van der Waals surface area contributed by atoms with Gasteiger partial charge in [-0.25, -0.2) is 8.42 Å². The van der Waals surface area contributed by atoms with Gasteiger partial charge in [0.2, 0.25) is 10.0 Å². The van der Waals surface area contributed by atoms with Crippen molar-refractivity contribution >= 4 is 21.6 Å². The van der Waals surface area contributed by atoms with Gasteiger partial charge in [-0.1, -0.05) is 18.2 Å². The highest BCUT2D eigenvalue weighted by atomic mass is 32.2. The van der Waals surface area contributed by atoms with Crippen molar-refractivity contribution in [1.29, 1.82) is 0 Å². The van der Waals surface area contributed by atoms with Crippen molar-refractivity contribution in [3.63, 3.8) is 0 Å². The Bertz CT molecular complexity index is 971. The number of nitrogens with zero attached hydrogens (tertiary/aromatic N) is 1. The van der Waals surface area contributed by atoms with Gasteiger partial charge in [-0.15, -0.1) is 0 Å². The molecule has 3 rings (SSSR count). The summed E-state index contributed by atoms with van der Waals surface area (Å²) < 4.78 is 31.3. The maximum Gasteiger partial charge on any atom is 0.251 e. The molecule has 6 nitrogen and oxygen atoms in total. The Kier molecular flexibility index (Phi) is 7.02.